The lowest BCUT2D eigenvalue weighted by molar-refractivity contribution is -0.143. The number of alkyl halides is 6. The van der Waals surface area contributed by atoms with Crippen LogP contribution >= 0.6 is 11.3 Å². The molecule has 1 aliphatic carbocycles. The minimum absolute atomic E-state index is 0.0245. The van der Waals surface area contributed by atoms with Gasteiger partial charge in [-0.1, -0.05) is 29.8 Å². The highest BCUT2D eigenvalue weighted by Crippen LogP contribution is 2.49. The Morgan fingerprint density at radius 3 is 2.28 bits per heavy atom. The van der Waals surface area contributed by atoms with Crippen LogP contribution < -0.4 is 5.32 Å². The van der Waals surface area contributed by atoms with E-state index < -0.39 is 41.0 Å². The zero-order chi connectivity index (χ0) is 28.3. The summed E-state index contributed by atoms with van der Waals surface area (Å²) in [7, 11) is 0. The highest BCUT2D eigenvalue weighted by molar-refractivity contribution is 7.15. The number of nitrogens with one attached hydrogen (secondary N) is 1. The van der Waals surface area contributed by atoms with Gasteiger partial charge in [0.05, 0.1) is 27.1 Å². The number of thiazole rings is 1. The number of aromatic nitrogens is 1. The number of amides is 2. The van der Waals surface area contributed by atoms with Crippen LogP contribution in [0.1, 0.15) is 55.4 Å². The van der Waals surface area contributed by atoms with Crippen LogP contribution in [0, 0.1) is 19.8 Å². The molecule has 39 heavy (non-hydrogen) atoms. The van der Waals surface area contributed by atoms with Gasteiger partial charge in [-0.25, -0.2) is 4.98 Å². The molecule has 0 radical (unpaired) electrons. The molecule has 3 aromatic rings. The van der Waals surface area contributed by atoms with Gasteiger partial charge in [0, 0.05) is 18.2 Å². The van der Waals surface area contributed by atoms with Crippen LogP contribution in [0.4, 0.5) is 26.3 Å². The standard InChI is InChI=1S/C27H23F6N3O2S/c1-13-4-3-5-15(6-13)23-22(35-14(2)39-23)25(38)36-20(9-16-10-21(16)36)12-34-24(37)17-7-18(26(28,29)30)11-19(8-17)27(31,32)33/h3-8,11,16,20-21H,9-10,12H2,1-2H3,(H,34,37)/t16-,20+,21?/m1/s1. The van der Waals surface area contributed by atoms with Crippen molar-refractivity contribution in [2.24, 2.45) is 5.92 Å². The molecule has 1 unspecified atom stereocenters. The van der Waals surface area contributed by atoms with Gasteiger partial charge in [0.1, 0.15) is 5.69 Å². The molecule has 1 saturated carbocycles. The van der Waals surface area contributed by atoms with E-state index in [1.54, 1.807) is 11.8 Å². The average Bonchev–Trinajstić information content (AvgIpc) is 3.34. The van der Waals surface area contributed by atoms with E-state index in [4.69, 9.17) is 0 Å². The van der Waals surface area contributed by atoms with Gasteiger partial charge < -0.3 is 10.2 Å². The number of rotatable bonds is 5. The Morgan fingerprint density at radius 1 is 1.00 bits per heavy atom. The van der Waals surface area contributed by atoms with Crippen molar-refractivity contribution in [2.75, 3.05) is 6.54 Å². The number of carbonyl (C=O) groups excluding carboxylic acids is 2. The SMILES string of the molecule is Cc1cccc(-c2sc(C)nc2C(=O)N2C3C[C@H]3C[C@H]2CNC(=O)c2cc(C(F)(F)F)cc(C(F)(F)F)c2)c1. The molecule has 1 aliphatic heterocycles. The highest BCUT2D eigenvalue weighted by Gasteiger charge is 2.54. The number of nitrogens with zero attached hydrogens (tertiary/aromatic N) is 2. The maximum atomic E-state index is 13.7. The molecule has 2 aliphatic rings. The second kappa shape index (κ2) is 9.65. The smallest absolute Gasteiger partial charge is 0.350 e. The normalized spacial score (nSPS) is 20.6. The summed E-state index contributed by atoms with van der Waals surface area (Å²) in [6.07, 6.45) is -8.77. The first-order chi connectivity index (χ1) is 18.2. The topological polar surface area (TPSA) is 62.3 Å². The largest absolute Gasteiger partial charge is 0.416 e. The molecule has 1 aromatic heterocycles. The molecule has 1 N–H and O–H groups in total. The van der Waals surface area contributed by atoms with Crippen molar-refractivity contribution in [3.05, 3.63) is 75.4 Å². The molecular weight excluding hydrogens is 544 g/mol. The number of carbonyl (C=O) groups is 2. The van der Waals surface area contributed by atoms with Crippen LogP contribution in [0.15, 0.2) is 42.5 Å². The summed E-state index contributed by atoms with van der Waals surface area (Å²) in [5.41, 5.74) is -1.72. The third kappa shape index (κ3) is 5.52. The van der Waals surface area contributed by atoms with Gasteiger partial charge in [0.15, 0.2) is 0 Å². The van der Waals surface area contributed by atoms with Crippen molar-refractivity contribution in [2.45, 2.75) is 51.1 Å². The van der Waals surface area contributed by atoms with Crippen LogP contribution in [0.3, 0.4) is 0 Å². The van der Waals surface area contributed by atoms with Crippen LogP contribution in [0.25, 0.3) is 10.4 Å². The Balaban J connectivity index is 1.36. The summed E-state index contributed by atoms with van der Waals surface area (Å²) in [6, 6.07) is 7.92. The summed E-state index contributed by atoms with van der Waals surface area (Å²) in [5.74, 6) is -1.16. The molecule has 2 heterocycles. The van der Waals surface area contributed by atoms with Crippen molar-refractivity contribution in [3.8, 4) is 10.4 Å². The fourth-order valence-electron chi connectivity index (χ4n) is 5.13. The first-order valence-corrected chi connectivity index (χ1v) is 13.0. The molecule has 3 atom stereocenters. The molecule has 2 amide bonds. The van der Waals surface area contributed by atoms with Crippen LogP contribution in [0.2, 0.25) is 0 Å². The number of hydrogen-bond acceptors (Lipinski definition) is 4. The Bertz CT molecular complexity index is 1420. The van der Waals surface area contributed by atoms with E-state index in [9.17, 15) is 35.9 Å². The molecule has 0 bridgehead atoms. The fourth-order valence-corrected chi connectivity index (χ4v) is 6.04. The predicted molar refractivity (Wildman–Crippen MR) is 132 cm³/mol. The summed E-state index contributed by atoms with van der Waals surface area (Å²) in [4.78, 5) is 33.3. The number of benzene rings is 2. The van der Waals surface area contributed by atoms with Crippen molar-refractivity contribution in [3.63, 3.8) is 0 Å². The van der Waals surface area contributed by atoms with E-state index in [1.807, 2.05) is 31.2 Å². The van der Waals surface area contributed by atoms with Crippen LogP contribution in [-0.2, 0) is 12.4 Å². The second-order valence-electron chi connectivity index (χ2n) is 9.95. The van der Waals surface area contributed by atoms with Crippen molar-refractivity contribution in [1.82, 2.24) is 15.2 Å². The Hall–Kier alpha value is -3.41. The summed E-state index contributed by atoms with van der Waals surface area (Å²) >= 11 is 1.39. The first-order valence-electron chi connectivity index (χ1n) is 12.2. The van der Waals surface area contributed by atoms with E-state index in [-0.39, 0.29) is 30.5 Å². The molecule has 0 spiro atoms. The van der Waals surface area contributed by atoms with Crippen molar-refractivity contribution >= 4 is 23.2 Å². The van der Waals surface area contributed by atoms with Crippen molar-refractivity contribution in [1.29, 1.82) is 0 Å². The molecule has 5 nitrogen and oxygen atoms in total. The highest BCUT2D eigenvalue weighted by atomic mass is 32.1. The van der Waals surface area contributed by atoms with Gasteiger partial charge in [-0.3, -0.25) is 9.59 Å². The quantitative estimate of drug-likeness (QED) is 0.358. The van der Waals surface area contributed by atoms with E-state index >= 15 is 0 Å². The van der Waals surface area contributed by atoms with Crippen LogP contribution in [-0.4, -0.2) is 40.3 Å². The molecule has 1 saturated heterocycles. The minimum atomic E-state index is -5.06. The van der Waals surface area contributed by atoms with E-state index in [0.717, 1.165) is 22.4 Å². The maximum absolute atomic E-state index is 13.7. The van der Waals surface area contributed by atoms with Gasteiger partial charge in [-0.2, -0.15) is 26.3 Å². The molecular formula is C27H23F6N3O2S. The fraction of sp³-hybridized carbons (Fsp3) is 0.370. The molecule has 206 valence electrons. The molecule has 12 heteroatoms. The van der Waals surface area contributed by atoms with Crippen LogP contribution in [0.5, 0.6) is 0 Å². The number of aryl methyl sites for hydroxylation is 2. The van der Waals surface area contributed by atoms with E-state index in [1.165, 1.54) is 11.3 Å². The number of halogens is 6. The lowest BCUT2D eigenvalue weighted by atomic mass is 10.0. The molecule has 5 rings (SSSR count). The predicted octanol–water partition coefficient (Wildman–Crippen LogP) is 6.50. The lowest BCUT2D eigenvalue weighted by Crippen LogP contribution is -2.45. The van der Waals surface area contributed by atoms with Gasteiger partial charge in [0.25, 0.3) is 11.8 Å². The first kappa shape index (κ1) is 27.2. The summed E-state index contributed by atoms with van der Waals surface area (Å²) in [5, 5.41) is 3.15. The average molecular weight is 568 g/mol. The van der Waals surface area contributed by atoms with Gasteiger partial charge >= 0.3 is 12.4 Å². The third-order valence-electron chi connectivity index (χ3n) is 7.01. The third-order valence-corrected chi connectivity index (χ3v) is 8.03. The molecule has 2 aromatic carbocycles. The maximum Gasteiger partial charge on any atom is 0.416 e. The number of likely N-dealkylation sites (tertiary alicyclic amines) is 1. The summed E-state index contributed by atoms with van der Waals surface area (Å²) in [6.45, 7) is 3.62. The Kier molecular flexibility index (Phi) is 6.72. The summed E-state index contributed by atoms with van der Waals surface area (Å²) < 4.78 is 79.3. The van der Waals surface area contributed by atoms with Gasteiger partial charge in [0.2, 0.25) is 0 Å². The Morgan fingerprint density at radius 2 is 1.67 bits per heavy atom. The second-order valence-corrected chi connectivity index (χ2v) is 11.2. The zero-order valence-electron chi connectivity index (χ0n) is 20.8. The monoisotopic (exact) mass is 567 g/mol. The lowest BCUT2D eigenvalue weighted by Gasteiger charge is -2.28. The number of fused-ring (bicyclic) bond motifs is 1. The Labute approximate surface area is 223 Å². The van der Waals surface area contributed by atoms with Gasteiger partial charge in [-0.05, 0) is 56.4 Å². The zero-order valence-corrected chi connectivity index (χ0v) is 21.6. The van der Waals surface area contributed by atoms with Gasteiger partial charge in [-0.15, -0.1) is 11.3 Å². The number of piperidine rings is 1. The van der Waals surface area contributed by atoms with E-state index in [0.29, 0.717) is 29.3 Å². The van der Waals surface area contributed by atoms with Crippen molar-refractivity contribution < 1.29 is 35.9 Å². The van der Waals surface area contributed by atoms with E-state index in [2.05, 4.69) is 10.3 Å². The minimum Gasteiger partial charge on any atom is -0.350 e. The number of hydrogen-bond donors (Lipinski definition) is 1. The molecule has 2 fully saturated rings.